The van der Waals surface area contributed by atoms with E-state index in [1.807, 2.05) is 30.5 Å². The number of amides is 1. The van der Waals surface area contributed by atoms with Crippen LogP contribution in [0.15, 0.2) is 42.6 Å². The standard InChI is InChI=1S/C22H23N3O5/c1-14-10-19(20(25(28)29)11-15(14)2)24-21(26)13-30-22(27)9-5-6-16-12-23-18-8-4-3-7-17(16)18/h3-4,7-8,10-12,23H,5-6,9,13H2,1-2H3,(H,24,26). The minimum Gasteiger partial charge on any atom is -0.456 e. The molecule has 156 valence electrons. The molecule has 2 N–H and O–H groups in total. The quantitative estimate of drug-likeness (QED) is 0.329. The van der Waals surface area contributed by atoms with Gasteiger partial charge >= 0.3 is 5.97 Å². The second-order valence-corrected chi connectivity index (χ2v) is 7.13. The number of esters is 1. The van der Waals surface area contributed by atoms with Crippen LogP contribution in [-0.4, -0.2) is 28.4 Å². The molecule has 0 atom stereocenters. The fourth-order valence-corrected chi connectivity index (χ4v) is 3.22. The number of carbonyl (C=O) groups excluding carboxylic acids is 2. The van der Waals surface area contributed by atoms with Crippen molar-refractivity contribution in [2.75, 3.05) is 11.9 Å². The molecule has 0 bridgehead atoms. The van der Waals surface area contributed by atoms with Crippen LogP contribution in [-0.2, 0) is 20.7 Å². The lowest BCUT2D eigenvalue weighted by molar-refractivity contribution is -0.384. The van der Waals surface area contributed by atoms with Crippen LogP contribution >= 0.6 is 0 Å². The summed E-state index contributed by atoms with van der Waals surface area (Å²) >= 11 is 0. The number of anilines is 1. The zero-order valence-corrected chi connectivity index (χ0v) is 16.9. The minimum atomic E-state index is -0.619. The summed E-state index contributed by atoms with van der Waals surface area (Å²) in [6.45, 7) is 3.06. The predicted octanol–water partition coefficient (Wildman–Crippen LogP) is 4.20. The van der Waals surface area contributed by atoms with E-state index in [2.05, 4.69) is 10.3 Å². The second kappa shape index (κ2) is 9.21. The zero-order valence-electron chi connectivity index (χ0n) is 16.9. The van der Waals surface area contributed by atoms with Crippen LogP contribution in [0, 0.1) is 24.0 Å². The van der Waals surface area contributed by atoms with E-state index in [0.717, 1.165) is 27.6 Å². The summed E-state index contributed by atoms with van der Waals surface area (Å²) in [5.41, 5.74) is 3.62. The van der Waals surface area contributed by atoms with Crippen LogP contribution in [0.3, 0.4) is 0 Å². The highest BCUT2D eigenvalue weighted by atomic mass is 16.6. The van der Waals surface area contributed by atoms with Gasteiger partial charge < -0.3 is 15.0 Å². The Morgan fingerprint density at radius 1 is 1.17 bits per heavy atom. The third kappa shape index (κ3) is 5.02. The molecule has 0 aliphatic carbocycles. The first-order valence-electron chi connectivity index (χ1n) is 9.61. The topological polar surface area (TPSA) is 114 Å². The van der Waals surface area contributed by atoms with Crippen LogP contribution in [0.5, 0.6) is 0 Å². The maximum absolute atomic E-state index is 12.1. The Morgan fingerprint density at radius 3 is 2.67 bits per heavy atom. The van der Waals surface area contributed by atoms with E-state index in [9.17, 15) is 19.7 Å². The van der Waals surface area contributed by atoms with Crippen molar-refractivity contribution in [1.82, 2.24) is 4.98 Å². The number of hydrogen-bond donors (Lipinski definition) is 2. The van der Waals surface area contributed by atoms with E-state index in [-0.39, 0.29) is 17.8 Å². The molecule has 0 saturated carbocycles. The number of nitrogens with zero attached hydrogens (tertiary/aromatic N) is 1. The monoisotopic (exact) mass is 409 g/mol. The third-order valence-corrected chi connectivity index (χ3v) is 4.95. The van der Waals surface area contributed by atoms with Gasteiger partial charge in [0.1, 0.15) is 5.69 Å². The normalized spacial score (nSPS) is 10.7. The van der Waals surface area contributed by atoms with Gasteiger partial charge in [-0.25, -0.2) is 0 Å². The average Bonchev–Trinajstić information content (AvgIpc) is 3.12. The largest absolute Gasteiger partial charge is 0.456 e. The fraction of sp³-hybridized carbons (Fsp3) is 0.273. The maximum atomic E-state index is 12.1. The van der Waals surface area contributed by atoms with Crippen molar-refractivity contribution in [3.05, 3.63) is 69.4 Å². The number of ether oxygens (including phenoxy) is 1. The molecule has 0 spiro atoms. The van der Waals surface area contributed by atoms with Crippen molar-refractivity contribution in [1.29, 1.82) is 0 Å². The summed E-state index contributed by atoms with van der Waals surface area (Å²) in [6.07, 6.45) is 3.40. The van der Waals surface area contributed by atoms with Crippen molar-refractivity contribution in [3.8, 4) is 0 Å². The van der Waals surface area contributed by atoms with E-state index >= 15 is 0 Å². The molecule has 1 amide bonds. The first-order valence-corrected chi connectivity index (χ1v) is 9.61. The van der Waals surface area contributed by atoms with Crippen LogP contribution < -0.4 is 5.32 Å². The number of aryl methyl sites for hydroxylation is 3. The molecule has 0 radical (unpaired) electrons. The molecule has 0 aliphatic heterocycles. The molecule has 0 aliphatic rings. The number of carbonyl (C=O) groups is 2. The lowest BCUT2D eigenvalue weighted by Crippen LogP contribution is -2.21. The number of aromatic amines is 1. The molecule has 1 heterocycles. The number of aromatic nitrogens is 1. The molecule has 0 unspecified atom stereocenters. The highest BCUT2D eigenvalue weighted by Crippen LogP contribution is 2.27. The van der Waals surface area contributed by atoms with Crippen molar-refractivity contribution in [3.63, 3.8) is 0 Å². The highest BCUT2D eigenvalue weighted by molar-refractivity contribution is 5.95. The summed E-state index contributed by atoms with van der Waals surface area (Å²) in [5.74, 6) is -1.11. The van der Waals surface area contributed by atoms with Gasteiger partial charge in [0.15, 0.2) is 6.61 Å². The van der Waals surface area contributed by atoms with Gasteiger partial charge in [0.2, 0.25) is 0 Å². The fourth-order valence-electron chi connectivity index (χ4n) is 3.22. The molecule has 8 nitrogen and oxygen atoms in total. The SMILES string of the molecule is Cc1cc(NC(=O)COC(=O)CCCc2c[nH]c3ccccc23)c([N+](=O)[O-])cc1C. The number of rotatable bonds is 8. The molecular weight excluding hydrogens is 386 g/mol. The number of nitro groups is 1. The first-order chi connectivity index (χ1) is 14.3. The van der Waals surface area contributed by atoms with Crippen molar-refractivity contribution in [2.45, 2.75) is 33.1 Å². The summed E-state index contributed by atoms with van der Waals surface area (Å²) in [7, 11) is 0. The average molecular weight is 409 g/mol. The number of para-hydroxylation sites is 1. The predicted molar refractivity (Wildman–Crippen MR) is 113 cm³/mol. The number of fused-ring (bicyclic) bond motifs is 1. The second-order valence-electron chi connectivity index (χ2n) is 7.13. The van der Waals surface area contributed by atoms with E-state index in [1.165, 1.54) is 12.1 Å². The molecule has 3 aromatic rings. The van der Waals surface area contributed by atoms with Crippen LogP contribution in [0.1, 0.15) is 29.5 Å². The summed E-state index contributed by atoms with van der Waals surface area (Å²) in [6, 6.07) is 10.9. The molecule has 0 fully saturated rings. The Morgan fingerprint density at radius 2 is 1.90 bits per heavy atom. The van der Waals surface area contributed by atoms with Crippen LogP contribution in [0.25, 0.3) is 10.9 Å². The highest BCUT2D eigenvalue weighted by Gasteiger charge is 2.18. The summed E-state index contributed by atoms with van der Waals surface area (Å²) in [5, 5.41) is 14.8. The summed E-state index contributed by atoms with van der Waals surface area (Å²) in [4.78, 5) is 37.9. The molecule has 30 heavy (non-hydrogen) atoms. The van der Waals surface area contributed by atoms with E-state index in [1.54, 1.807) is 13.8 Å². The van der Waals surface area contributed by atoms with Gasteiger partial charge in [0.05, 0.1) is 4.92 Å². The van der Waals surface area contributed by atoms with Gasteiger partial charge in [-0.15, -0.1) is 0 Å². The Balaban J connectivity index is 1.47. The molecule has 1 aromatic heterocycles. The van der Waals surface area contributed by atoms with Crippen LogP contribution in [0.2, 0.25) is 0 Å². The number of H-pyrrole nitrogens is 1. The third-order valence-electron chi connectivity index (χ3n) is 4.95. The number of nitrogens with one attached hydrogen (secondary N) is 2. The van der Waals surface area contributed by atoms with E-state index in [4.69, 9.17) is 4.74 Å². The Bertz CT molecular complexity index is 1100. The Labute approximate surface area is 173 Å². The van der Waals surface area contributed by atoms with E-state index < -0.39 is 23.4 Å². The minimum absolute atomic E-state index is 0.0866. The van der Waals surface area contributed by atoms with Crippen LogP contribution in [0.4, 0.5) is 11.4 Å². The number of nitro benzene ring substituents is 1. The van der Waals surface area contributed by atoms with Gasteiger partial charge in [-0.05, 0) is 55.5 Å². The Hall–Kier alpha value is -3.68. The van der Waals surface area contributed by atoms with Crippen molar-refractivity contribution in [2.24, 2.45) is 0 Å². The lowest BCUT2D eigenvalue weighted by atomic mass is 10.1. The molecule has 2 aromatic carbocycles. The van der Waals surface area contributed by atoms with Gasteiger partial charge in [0.25, 0.3) is 11.6 Å². The lowest BCUT2D eigenvalue weighted by Gasteiger charge is -2.09. The first kappa shape index (κ1) is 21.0. The van der Waals surface area contributed by atoms with Crippen molar-refractivity contribution >= 4 is 34.2 Å². The zero-order chi connectivity index (χ0) is 21.7. The maximum Gasteiger partial charge on any atom is 0.306 e. The molecule has 0 saturated heterocycles. The van der Waals surface area contributed by atoms with E-state index in [0.29, 0.717) is 12.8 Å². The molecular formula is C22H23N3O5. The Kier molecular flexibility index (Phi) is 6.46. The number of benzene rings is 2. The molecule has 3 rings (SSSR count). The van der Waals surface area contributed by atoms with Gasteiger partial charge in [0, 0.05) is 29.6 Å². The van der Waals surface area contributed by atoms with Gasteiger partial charge in [-0.1, -0.05) is 18.2 Å². The van der Waals surface area contributed by atoms with Gasteiger partial charge in [-0.2, -0.15) is 0 Å². The summed E-state index contributed by atoms with van der Waals surface area (Å²) < 4.78 is 5.01. The molecule has 8 heteroatoms. The number of hydrogen-bond acceptors (Lipinski definition) is 5. The smallest absolute Gasteiger partial charge is 0.306 e. The van der Waals surface area contributed by atoms with Crippen molar-refractivity contribution < 1.29 is 19.2 Å². The van der Waals surface area contributed by atoms with Gasteiger partial charge in [-0.3, -0.25) is 19.7 Å².